The summed E-state index contributed by atoms with van der Waals surface area (Å²) < 4.78 is 84.1. The molecular weight excluding hydrogens is 489 g/mol. The first-order valence-electron chi connectivity index (χ1n) is 10.5. The third-order valence-corrected chi connectivity index (χ3v) is 5.00. The van der Waals surface area contributed by atoms with Gasteiger partial charge in [0.25, 0.3) is 5.91 Å². The van der Waals surface area contributed by atoms with E-state index in [-0.39, 0.29) is 18.3 Å². The molecule has 12 heteroatoms. The van der Waals surface area contributed by atoms with E-state index in [9.17, 15) is 26.7 Å². The second-order valence-electron chi connectivity index (χ2n) is 7.45. The van der Waals surface area contributed by atoms with Gasteiger partial charge in [0, 0.05) is 0 Å². The predicted molar refractivity (Wildman–Crippen MR) is 116 cm³/mol. The Morgan fingerprint density at radius 3 is 2.28 bits per heavy atom. The van der Waals surface area contributed by atoms with E-state index in [1.165, 1.54) is 34.8 Å². The summed E-state index contributed by atoms with van der Waals surface area (Å²) in [6.45, 7) is 1.45. The Balaban J connectivity index is 1.33. The molecule has 0 aliphatic rings. The largest absolute Gasteiger partial charge is 0.479 e. The molecule has 2 aromatic heterocycles. The molecule has 1 amide bonds. The first-order chi connectivity index (χ1) is 17.3. The number of hydrogen-bond acceptors (Lipinski definition) is 5. The second kappa shape index (κ2) is 10.5. The van der Waals surface area contributed by atoms with Crippen molar-refractivity contribution < 1.29 is 40.6 Å². The number of hydrogen-bond donors (Lipinski definition) is 1. The Morgan fingerprint density at radius 2 is 1.61 bits per heavy atom. The maximum atomic E-state index is 13.7. The highest BCUT2D eigenvalue weighted by atomic mass is 19.2. The van der Waals surface area contributed by atoms with Gasteiger partial charge in [-0.05, 0) is 36.2 Å². The van der Waals surface area contributed by atoms with Crippen molar-refractivity contribution in [2.24, 2.45) is 0 Å². The zero-order valence-corrected chi connectivity index (χ0v) is 18.7. The highest BCUT2D eigenvalue weighted by Crippen LogP contribution is 2.30. The molecule has 0 saturated heterocycles. The van der Waals surface area contributed by atoms with Crippen LogP contribution in [0.5, 0.6) is 11.5 Å². The molecule has 4 aromatic rings. The third-order valence-electron chi connectivity index (χ3n) is 5.00. The Kier molecular flexibility index (Phi) is 7.23. The number of carbonyl (C=O) groups excluding carboxylic acids is 1. The minimum atomic E-state index is -2.30. The van der Waals surface area contributed by atoms with Gasteiger partial charge in [0.05, 0.1) is 18.1 Å². The number of amides is 1. The summed E-state index contributed by atoms with van der Waals surface area (Å²) in [7, 11) is 0. The minimum absolute atomic E-state index is 0.0951. The highest BCUT2D eigenvalue weighted by molar-refractivity contribution is 6.02. The molecule has 1 N–H and O–H groups in total. The van der Waals surface area contributed by atoms with Crippen LogP contribution in [-0.2, 0) is 19.8 Å². The average Bonchev–Trinajstić information content (AvgIpc) is 3.55. The normalized spacial score (nSPS) is 10.9. The van der Waals surface area contributed by atoms with Gasteiger partial charge in [-0.1, -0.05) is 19.1 Å². The summed E-state index contributed by atoms with van der Waals surface area (Å²) in [5.74, 6) is -12.6. The lowest BCUT2D eigenvalue weighted by atomic mass is 10.2. The molecule has 0 aliphatic carbocycles. The fourth-order valence-corrected chi connectivity index (χ4v) is 3.09. The van der Waals surface area contributed by atoms with Crippen LogP contribution in [0.2, 0.25) is 0 Å². The average molecular weight is 507 g/mol. The van der Waals surface area contributed by atoms with Crippen LogP contribution in [0.25, 0.3) is 0 Å². The van der Waals surface area contributed by atoms with Crippen LogP contribution < -0.4 is 14.8 Å². The molecule has 0 saturated carbocycles. The zero-order valence-electron chi connectivity index (χ0n) is 18.7. The number of ether oxygens (including phenoxy) is 2. The lowest BCUT2D eigenvalue weighted by Gasteiger charge is -2.09. The minimum Gasteiger partial charge on any atom is -0.479 e. The van der Waals surface area contributed by atoms with Gasteiger partial charge in [0.15, 0.2) is 18.2 Å². The maximum Gasteiger partial charge on any atom is 0.291 e. The van der Waals surface area contributed by atoms with Gasteiger partial charge in [-0.3, -0.25) is 4.79 Å². The Hall–Kier alpha value is -4.35. The highest BCUT2D eigenvalue weighted by Gasteiger charge is 2.27. The number of aromatic nitrogens is 2. The van der Waals surface area contributed by atoms with E-state index >= 15 is 0 Å². The van der Waals surface area contributed by atoms with Gasteiger partial charge in [0.2, 0.25) is 29.1 Å². The molecule has 2 aromatic carbocycles. The van der Waals surface area contributed by atoms with Gasteiger partial charge in [-0.2, -0.15) is 13.9 Å². The van der Waals surface area contributed by atoms with E-state index in [1.54, 1.807) is 0 Å². The lowest BCUT2D eigenvalue weighted by Crippen LogP contribution is -2.10. The number of halogens is 5. The molecule has 2 heterocycles. The smallest absolute Gasteiger partial charge is 0.291 e. The van der Waals surface area contributed by atoms with E-state index in [2.05, 4.69) is 10.4 Å². The molecule has 0 aliphatic heterocycles. The Bertz CT molecular complexity index is 1360. The Labute approximate surface area is 201 Å². The van der Waals surface area contributed by atoms with Crippen LogP contribution in [0.1, 0.15) is 28.8 Å². The first-order valence-corrected chi connectivity index (χ1v) is 10.5. The van der Waals surface area contributed by atoms with Crippen molar-refractivity contribution in [3.63, 3.8) is 0 Å². The van der Waals surface area contributed by atoms with Gasteiger partial charge in [-0.25, -0.2) is 17.9 Å². The van der Waals surface area contributed by atoms with Crippen LogP contribution in [-0.4, -0.2) is 15.7 Å². The predicted octanol–water partition coefficient (Wildman–Crippen LogP) is 5.60. The summed E-state index contributed by atoms with van der Waals surface area (Å²) in [5.41, 5.74) is 1.51. The van der Waals surface area contributed by atoms with E-state index in [4.69, 9.17) is 13.9 Å². The summed E-state index contributed by atoms with van der Waals surface area (Å²) in [5, 5.41) is 6.63. The number of nitrogens with one attached hydrogen (secondary N) is 1. The third kappa shape index (κ3) is 5.32. The lowest BCUT2D eigenvalue weighted by molar-refractivity contribution is 0.0992. The summed E-state index contributed by atoms with van der Waals surface area (Å²) in [4.78, 5) is 12.4. The van der Waals surface area contributed by atoms with E-state index in [1.807, 2.05) is 31.2 Å². The van der Waals surface area contributed by atoms with Crippen molar-refractivity contribution in [2.75, 3.05) is 5.32 Å². The van der Waals surface area contributed by atoms with E-state index < -0.39 is 47.3 Å². The van der Waals surface area contributed by atoms with Gasteiger partial charge < -0.3 is 19.2 Å². The summed E-state index contributed by atoms with van der Waals surface area (Å²) >= 11 is 0. The van der Waals surface area contributed by atoms with Crippen LogP contribution in [0.4, 0.5) is 27.6 Å². The maximum absolute atomic E-state index is 13.7. The van der Waals surface area contributed by atoms with Crippen molar-refractivity contribution in [3.8, 4) is 11.5 Å². The monoisotopic (exact) mass is 507 g/mol. The molecule has 188 valence electrons. The van der Waals surface area contributed by atoms with Crippen molar-refractivity contribution in [2.45, 2.75) is 26.7 Å². The molecule has 0 fully saturated rings. The molecule has 4 rings (SSSR count). The first kappa shape index (κ1) is 24.8. The van der Waals surface area contributed by atoms with Crippen LogP contribution in [0.15, 0.2) is 53.2 Å². The fourth-order valence-electron chi connectivity index (χ4n) is 3.09. The van der Waals surface area contributed by atoms with Crippen LogP contribution >= 0.6 is 0 Å². The topological polar surface area (TPSA) is 78.5 Å². The number of furan rings is 1. The molecule has 0 unspecified atom stereocenters. The Morgan fingerprint density at radius 1 is 0.944 bits per heavy atom. The molecule has 0 atom stereocenters. The molecule has 36 heavy (non-hydrogen) atoms. The molecule has 0 radical (unpaired) electrons. The van der Waals surface area contributed by atoms with Gasteiger partial charge in [0.1, 0.15) is 18.1 Å². The number of aryl methyl sites for hydroxylation is 1. The van der Waals surface area contributed by atoms with Crippen molar-refractivity contribution in [3.05, 3.63) is 95.0 Å². The number of carbonyl (C=O) groups is 1. The number of nitrogens with zero attached hydrogens (tertiary/aromatic N) is 2. The molecule has 0 bridgehead atoms. The molecule has 7 nitrogen and oxygen atoms in total. The summed E-state index contributed by atoms with van der Waals surface area (Å²) in [6, 6.07) is 10.1. The standard InChI is InChI=1S/C24H18F5N3O4/c1-2-13-3-5-15(6-4-13)35-12-32-10-14(9-30-32)31-24(33)17-8-7-16(36-17)11-34-23-21(28)19(26)18(25)20(27)22(23)29/h3-10H,2,11-12H2,1H3,(H,31,33). The van der Waals surface area contributed by atoms with Gasteiger partial charge in [-0.15, -0.1) is 0 Å². The van der Waals surface area contributed by atoms with Crippen molar-refractivity contribution >= 4 is 11.6 Å². The van der Waals surface area contributed by atoms with Crippen LogP contribution in [0.3, 0.4) is 0 Å². The van der Waals surface area contributed by atoms with Gasteiger partial charge >= 0.3 is 0 Å². The number of anilines is 1. The van der Waals surface area contributed by atoms with Crippen molar-refractivity contribution in [1.82, 2.24) is 9.78 Å². The summed E-state index contributed by atoms with van der Waals surface area (Å²) in [6.07, 6.45) is 3.82. The zero-order chi connectivity index (χ0) is 25.8. The van der Waals surface area contributed by atoms with E-state index in [0.717, 1.165) is 6.42 Å². The quantitative estimate of drug-likeness (QED) is 0.181. The number of rotatable bonds is 9. The SMILES string of the molecule is CCc1ccc(OCn2cc(NC(=O)c3ccc(COc4c(F)c(F)c(F)c(F)c4F)o3)cn2)cc1. The fraction of sp³-hybridized carbons (Fsp3) is 0.167. The number of benzene rings is 2. The molecular formula is C24H18F5N3O4. The molecule has 0 spiro atoms. The van der Waals surface area contributed by atoms with E-state index in [0.29, 0.717) is 11.4 Å². The second-order valence-corrected chi connectivity index (χ2v) is 7.45. The van der Waals surface area contributed by atoms with Crippen molar-refractivity contribution in [1.29, 1.82) is 0 Å². The van der Waals surface area contributed by atoms with Crippen LogP contribution in [0, 0.1) is 29.1 Å².